The van der Waals surface area contributed by atoms with Crippen molar-refractivity contribution in [3.05, 3.63) is 41.0 Å². The Morgan fingerprint density at radius 2 is 2.12 bits per heavy atom. The fraction of sp³-hybridized carbons (Fsp3) is 0.412. The molecule has 0 bridgehead atoms. The average Bonchev–Trinajstić information content (AvgIpc) is 3.15. The van der Waals surface area contributed by atoms with Crippen LogP contribution in [-0.4, -0.2) is 33.7 Å². The minimum absolute atomic E-state index is 0. The zero-order chi connectivity index (χ0) is 16.4. The van der Waals surface area contributed by atoms with Gasteiger partial charge in [0, 0.05) is 6.54 Å². The molecule has 130 valence electrons. The van der Waals surface area contributed by atoms with Crippen molar-refractivity contribution >= 4 is 29.7 Å². The van der Waals surface area contributed by atoms with Crippen LogP contribution in [0.15, 0.2) is 29.8 Å². The molecule has 0 aliphatic carbocycles. The summed E-state index contributed by atoms with van der Waals surface area (Å²) in [6, 6.07) is 7.68. The lowest BCUT2D eigenvalue weighted by Gasteiger charge is -2.21. The van der Waals surface area contributed by atoms with E-state index in [1.807, 2.05) is 31.5 Å². The molecule has 7 heteroatoms. The monoisotopic (exact) mass is 367 g/mol. The Morgan fingerprint density at radius 1 is 1.42 bits per heavy atom. The van der Waals surface area contributed by atoms with Gasteiger partial charge in [0.2, 0.25) is 5.91 Å². The van der Waals surface area contributed by atoms with Crippen LogP contribution < -0.4 is 5.32 Å². The quantitative estimate of drug-likeness (QED) is 0.867. The van der Waals surface area contributed by atoms with Gasteiger partial charge in [0.05, 0.1) is 22.1 Å². The van der Waals surface area contributed by atoms with E-state index in [2.05, 4.69) is 22.4 Å². The normalized spacial score (nSPS) is 18.9. The van der Waals surface area contributed by atoms with Crippen LogP contribution in [0.1, 0.15) is 37.1 Å². The standard InChI is InChI=1S/C17H21N3O2S.ClH/c1-11(19-17(21)15-4-3-9-20(15)22)13-5-7-14(8-6-13)16-12(2)18-10-23-16;/h5-8,10-11,15,22H,3-4,9H2,1-2H3,(H,19,21);1H/t11-,15?;/m0./s1. The summed E-state index contributed by atoms with van der Waals surface area (Å²) in [6.45, 7) is 4.53. The maximum atomic E-state index is 12.2. The first-order chi connectivity index (χ1) is 11.1. The number of nitrogens with one attached hydrogen (secondary N) is 1. The number of hydrogen-bond donors (Lipinski definition) is 2. The maximum Gasteiger partial charge on any atom is 0.240 e. The van der Waals surface area contributed by atoms with Crippen LogP contribution in [0.4, 0.5) is 0 Å². The van der Waals surface area contributed by atoms with Crippen LogP contribution in [0.2, 0.25) is 0 Å². The van der Waals surface area contributed by atoms with Crippen LogP contribution in [0.3, 0.4) is 0 Å². The number of rotatable bonds is 4. The van der Waals surface area contributed by atoms with Crippen molar-refractivity contribution in [2.75, 3.05) is 6.54 Å². The molecule has 0 saturated carbocycles. The second kappa shape index (κ2) is 8.07. The molecular formula is C17H22ClN3O2S. The topological polar surface area (TPSA) is 65.5 Å². The first-order valence-corrected chi connectivity index (χ1v) is 8.70. The highest BCUT2D eigenvalue weighted by molar-refractivity contribution is 7.13. The molecule has 1 saturated heterocycles. The predicted molar refractivity (Wildman–Crippen MR) is 97.6 cm³/mol. The van der Waals surface area contributed by atoms with Gasteiger partial charge in [-0.05, 0) is 37.8 Å². The van der Waals surface area contributed by atoms with Gasteiger partial charge < -0.3 is 10.5 Å². The highest BCUT2D eigenvalue weighted by Gasteiger charge is 2.30. The van der Waals surface area contributed by atoms with Crippen molar-refractivity contribution in [3.63, 3.8) is 0 Å². The number of nitrogens with zero attached hydrogens (tertiary/aromatic N) is 2. The number of benzene rings is 1. The van der Waals surface area contributed by atoms with Gasteiger partial charge in [-0.25, -0.2) is 4.98 Å². The lowest BCUT2D eigenvalue weighted by molar-refractivity contribution is -0.146. The van der Waals surface area contributed by atoms with Crippen LogP contribution >= 0.6 is 23.7 Å². The molecule has 1 aromatic carbocycles. The number of aryl methyl sites for hydroxylation is 1. The molecule has 0 spiro atoms. The molecular weight excluding hydrogens is 346 g/mol. The number of carbonyl (C=O) groups is 1. The van der Waals surface area contributed by atoms with E-state index in [4.69, 9.17) is 0 Å². The molecule has 2 heterocycles. The van der Waals surface area contributed by atoms with Crippen molar-refractivity contribution in [2.24, 2.45) is 0 Å². The zero-order valence-corrected chi connectivity index (χ0v) is 15.4. The van der Waals surface area contributed by atoms with E-state index in [0.717, 1.165) is 28.3 Å². The number of thiazole rings is 1. The van der Waals surface area contributed by atoms with Gasteiger partial charge in [-0.3, -0.25) is 4.79 Å². The van der Waals surface area contributed by atoms with Crippen LogP contribution in [0, 0.1) is 6.92 Å². The largest absolute Gasteiger partial charge is 0.348 e. The first kappa shape index (κ1) is 18.9. The Hall–Kier alpha value is -1.47. The zero-order valence-electron chi connectivity index (χ0n) is 13.7. The minimum Gasteiger partial charge on any atom is -0.348 e. The molecule has 1 amide bonds. The molecule has 1 aromatic heterocycles. The van der Waals surface area contributed by atoms with Gasteiger partial charge in [-0.2, -0.15) is 5.06 Å². The van der Waals surface area contributed by atoms with E-state index >= 15 is 0 Å². The highest BCUT2D eigenvalue weighted by Crippen LogP contribution is 2.28. The molecule has 1 aliphatic heterocycles. The smallest absolute Gasteiger partial charge is 0.240 e. The summed E-state index contributed by atoms with van der Waals surface area (Å²) in [5.41, 5.74) is 5.08. The molecule has 2 atom stereocenters. The van der Waals surface area contributed by atoms with Crippen LogP contribution in [0.25, 0.3) is 10.4 Å². The lowest BCUT2D eigenvalue weighted by atomic mass is 10.0. The van der Waals surface area contributed by atoms with Crippen molar-refractivity contribution in [3.8, 4) is 10.4 Å². The summed E-state index contributed by atoms with van der Waals surface area (Å²) < 4.78 is 0. The Balaban J connectivity index is 0.00000208. The second-order valence-electron chi connectivity index (χ2n) is 5.94. The highest BCUT2D eigenvalue weighted by atomic mass is 35.5. The van der Waals surface area contributed by atoms with E-state index < -0.39 is 6.04 Å². The van der Waals surface area contributed by atoms with E-state index in [0.29, 0.717) is 13.0 Å². The number of hydroxylamine groups is 2. The van der Waals surface area contributed by atoms with E-state index in [-0.39, 0.29) is 24.4 Å². The summed E-state index contributed by atoms with van der Waals surface area (Å²) in [5.74, 6) is -0.111. The molecule has 24 heavy (non-hydrogen) atoms. The van der Waals surface area contributed by atoms with Crippen LogP contribution in [-0.2, 0) is 4.79 Å². The maximum absolute atomic E-state index is 12.2. The van der Waals surface area contributed by atoms with E-state index in [1.165, 1.54) is 4.88 Å². The van der Waals surface area contributed by atoms with Gasteiger partial charge in [-0.15, -0.1) is 23.7 Å². The predicted octanol–water partition coefficient (Wildman–Crippen LogP) is 3.57. The summed E-state index contributed by atoms with van der Waals surface area (Å²) in [7, 11) is 0. The molecule has 5 nitrogen and oxygen atoms in total. The van der Waals surface area contributed by atoms with Gasteiger partial charge in [0.25, 0.3) is 0 Å². The Morgan fingerprint density at radius 3 is 2.67 bits per heavy atom. The van der Waals surface area contributed by atoms with Crippen molar-refractivity contribution in [1.82, 2.24) is 15.4 Å². The first-order valence-electron chi connectivity index (χ1n) is 7.82. The third kappa shape index (κ3) is 3.95. The molecule has 2 aromatic rings. The van der Waals surface area contributed by atoms with Gasteiger partial charge in [0.15, 0.2) is 0 Å². The lowest BCUT2D eigenvalue weighted by Crippen LogP contribution is -2.42. The average molecular weight is 368 g/mol. The molecule has 1 unspecified atom stereocenters. The number of hydrogen-bond acceptors (Lipinski definition) is 5. The van der Waals surface area contributed by atoms with Gasteiger partial charge in [0.1, 0.15) is 6.04 Å². The van der Waals surface area contributed by atoms with Crippen LogP contribution in [0.5, 0.6) is 0 Å². The van der Waals surface area contributed by atoms with Crippen molar-refractivity contribution < 1.29 is 10.0 Å². The Labute approximate surface area is 152 Å². The summed E-state index contributed by atoms with van der Waals surface area (Å²) in [5, 5.41) is 13.8. The van der Waals surface area contributed by atoms with Gasteiger partial charge >= 0.3 is 0 Å². The third-order valence-corrected chi connectivity index (χ3v) is 5.28. The molecule has 3 rings (SSSR count). The molecule has 1 fully saturated rings. The molecule has 2 N–H and O–H groups in total. The summed E-state index contributed by atoms with van der Waals surface area (Å²) >= 11 is 1.63. The second-order valence-corrected chi connectivity index (χ2v) is 6.80. The Kier molecular flexibility index (Phi) is 6.34. The number of amides is 1. The number of carbonyl (C=O) groups excluding carboxylic acids is 1. The summed E-state index contributed by atoms with van der Waals surface area (Å²) in [6.07, 6.45) is 1.56. The number of aromatic nitrogens is 1. The SMILES string of the molecule is Cc1ncsc1-c1ccc([C@H](C)NC(=O)C2CCCN2O)cc1.Cl. The Bertz CT molecular complexity index is 689. The molecule has 1 aliphatic rings. The fourth-order valence-corrected chi connectivity index (χ4v) is 3.72. The summed E-state index contributed by atoms with van der Waals surface area (Å²) in [4.78, 5) is 17.7. The molecule has 0 radical (unpaired) electrons. The van der Waals surface area contributed by atoms with Crippen molar-refractivity contribution in [1.29, 1.82) is 0 Å². The van der Waals surface area contributed by atoms with Gasteiger partial charge in [-0.1, -0.05) is 24.3 Å². The third-order valence-electron chi connectivity index (χ3n) is 4.30. The van der Waals surface area contributed by atoms with Crippen molar-refractivity contribution in [2.45, 2.75) is 38.8 Å². The van der Waals surface area contributed by atoms with E-state index in [1.54, 1.807) is 11.3 Å². The fourth-order valence-electron chi connectivity index (χ4n) is 2.91. The minimum atomic E-state index is -0.420. The number of halogens is 1. The van der Waals surface area contributed by atoms with E-state index in [9.17, 15) is 10.0 Å².